The Morgan fingerprint density at radius 1 is 0.914 bits per heavy atom. The Hall–Kier alpha value is -3.52. The minimum absolute atomic E-state index is 0.0560. The predicted molar refractivity (Wildman–Crippen MR) is 130 cm³/mol. The molecule has 1 heterocycles. The summed E-state index contributed by atoms with van der Waals surface area (Å²) in [6.07, 6.45) is 0. The number of nitrogens with one attached hydrogen (secondary N) is 1. The molecule has 0 bridgehead atoms. The number of benzene rings is 2. The zero-order chi connectivity index (χ0) is 25.5. The summed E-state index contributed by atoms with van der Waals surface area (Å²) < 4.78 is 16.9. The highest BCUT2D eigenvalue weighted by atomic mass is 16.5. The number of likely N-dealkylation sites (tertiary alicyclic amines) is 1. The molecule has 1 fully saturated rings. The molecule has 3 rings (SSSR count). The van der Waals surface area contributed by atoms with E-state index in [-0.39, 0.29) is 5.57 Å². The van der Waals surface area contributed by atoms with Crippen LogP contribution in [0.1, 0.15) is 37.9 Å². The number of ether oxygens (including phenoxy) is 3. The third kappa shape index (κ3) is 5.77. The lowest BCUT2D eigenvalue weighted by Gasteiger charge is -2.28. The molecule has 1 N–H and O–H groups in total. The summed E-state index contributed by atoms with van der Waals surface area (Å²) in [5.41, 5.74) is 0.893. The average Bonchev–Trinajstić information content (AvgIpc) is 3.09. The van der Waals surface area contributed by atoms with Gasteiger partial charge in [-0.3, -0.25) is 9.59 Å². The molecular weight excluding hydrogens is 448 g/mol. The third-order valence-electron chi connectivity index (χ3n) is 5.69. The number of hydrogen-bond donors (Lipinski definition) is 1. The Labute approximate surface area is 206 Å². The van der Waals surface area contributed by atoms with Gasteiger partial charge in [-0.15, -0.1) is 0 Å². The van der Waals surface area contributed by atoms with Crippen molar-refractivity contribution >= 4 is 17.4 Å². The van der Waals surface area contributed by atoms with Gasteiger partial charge in [0.1, 0.15) is 5.75 Å². The third-order valence-corrected chi connectivity index (χ3v) is 5.69. The van der Waals surface area contributed by atoms with Crippen LogP contribution >= 0.6 is 0 Å². The van der Waals surface area contributed by atoms with E-state index in [2.05, 4.69) is 0 Å². The minimum Gasteiger partial charge on any atom is -0.872 e. The number of quaternary nitrogens is 1. The number of nitrogens with zero attached hydrogens (tertiary/aromatic N) is 1. The van der Waals surface area contributed by atoms with Crippen molar-refractivity contribution in [3.05, 3.63) is 59.2 Å². The number of likely N-dealkylation sites (N-methyl/N-ethyl adjacent to an activating group) is 1. The second kappa shape index (κ2) is 11.8. The topological polar surface area (TPSA) is 92.6 Å². The molecule has 2 aromatic carbocycles. The number of carbonyl (C=O) groups excluding carboxylic acids is 2. The Kier molecular flexibility index (Phi) is 8.76. The summed E-state index contributed by atoms with van der Waals surface area (Å²) in [6, 6.07) is 11.1. The zero-order valence-electron chi connectivity index (χ0n) is 21.1. The Balaban J connectivity index is 2.14. The van der Waals surface area contributed by atoms with Crippen LogP contribution in [0.25, 0.3) is 5.76 Å². The molecule has 35 heavy (non-hydrogen) atoms. The summed E-state index contributed by atoms with van der Waals surface area (Å²) in [5, 5.41) is 13.6. The van der Waals surface area contributed by atoms with Gasteiger partial charge in [-0.05, 0) is 56.2 Å². The van der Waals surface area contributed by atoms with Gasteiger partial charge in [-0.25, -0.2) is 0 Å². The van der Waals surface area contributed by atoms with Crippen molar-refractivity contribution in [3.8, 4) is 17.2 Å². The maximum atomic E-state index is 13.6. The number of hydrogen-bond acceptors (Lipinski definition) is 6. The summed E-state index contributed by atoms with van der Waals surface area (Å²) in [7, 11) is 3.94. The van der Waals surface area contributed by atoms with Crippen LogP contribution in [0.15, 0.2) is 48.0 Å². The molecule has 188 valence electrons. The molecule has 0 aromatic heterocycles. The fraction of sp³-hybridized carbons (Fsp3) is 0.407. The Bertz CT molecular complexity index is 1080. The number of Topliss-reactive ketones (excluding diaryl/α,β-unsaturated/α-hetero) is 1. The molecule has 1 atom stereocenters. The van der Waals surface area contributed by atoms with Gasteiger partial charge in [0, 0.05) is 5.57 Å². The lowest BCUT2D eigenvalue weighted by Crippen LogP contribution is -3.06. The van der Waals surface area contributed by atoms with Crippen molar-refractivity contribution in [2.24, 2.45) is 0 Å². The number of amides is 1. The normalized spacial score (nSPS) is 17.2. The highest BCUT2D eigenvalue weighted by Gasteiger charge is 2.44. The van der Waals surface area contributed by atoms with E-state index >= 15 is 0 Å². The van der Waals surface area contributed by atoms with Crippen LogP contribution in [0.4, 0.5) is 0 Å². The molecule has 1 aliphatic rings. The number of rotatable bonds is 11. The zero-order valence-corrected chi connectivity index (χ0v) is 21.1. The molecule has 8 nitrogen and oxygen atoms in total. The first-order chi connectivity index (χ1) is 16.8. The first-order valence-corrected chi connectivity index (χ1v) is 12.0. The molecule has 0 saturated carbocycles. The van der Waals surface area contributed by atoms with E-state index in [9.17, 15) is 14.7 Å². The maximum Gasteiger partial charge on any atom is 0.295 e. The standard InChI is InChI=1S/C27H34N2O6/c1-6-33-20-12-9-18(10-13-20)25(30)23-24(29(16-15-28(4)5)27(32)26(23)31)19-11-14-21(34-7-2)22(17-19)35-8-3/h9-14,17,24,30H,6-8,15-16H2,1-5H3. The fourth-order valence-electron chi connectivity index (χ4n) is 4.05. The van der Waals surface area contributed by atoms with E-state index in [1.807, 2.05) is 34.9 Å². The summed E-state index contributed by atoms with van der Waals surface area (Å²) >= 11 is 0. The van der Waals surface area contributed by atoms with Gasteiger partial charge in [0.2, 0.25) is 5.78 Å². The van der Waals surface area contributed by atoms with Gasteiger partial charge in [0.05, 0.1) is 53.0 Å². The minimum atomic E-state index is -0.816. The molecule has 1 aliphatic heterocycles. The molecule has 0 radical (unpaired) electrons. The van der Waals surface area contributed by atoms with Crippen LogP contribution in [0.5, 0.6) is 17.2 Å². The molecular formula is C27H34N2O6. The molecule has 1 amide bonds. The summed E-state index contributed by atoms with van der Waals surface area (Å²) in [4.78, 5) is 28.9. The second-order valence-corrected chi connectivity index (χ2v) is 8.46. The Morgan fingerprint density at radius 3 is 2.14 bits per heavy atom. The predicted octanol–water partition coefficient (Wildman–Crippen LogP) is 1.25. The lowest BCUT2D eigenvalue weighted by molar-refractivity contribution is -0.857. The molecule has 0 aliphatic carbocycles. The lowest BCUT2D eigenvalue weighted by atomic mass is 9.95. The highest BCUT2D eigenvalue weighted by Crippen LogP contribution is 2.41. The molecule has 8 heteroatoms. The summed E-state index contributed by atoms with van der Waals surface area (Å²) in [6.45, 7) is 7.95. The van der Waals surface area contributed by atoms with Gasteiger partial charge in [0.15, 0.2) is 11.5 Å². The second-order valence-electron chi connectivity index (χ2n) is 8.46. The van der Waals surface area contributed by atoms with Crippen molar-refractivity contribution in [2.45, 2.75) is 26.8 Å². The molecule has 0 spiro atoms. The first-order valence-electron chi connectivity index (χ1n) is 12.0. The van der Waals surface area contributed by atoms with Crippen LogP contribution in [0.2, 0.25) is 0 Å². The maximum absolute atomic E-state index is 13.6. The van der Waals surface area contributed by atoms with E-state index in [1.165, 1.54) is 4.90 Å². The van der Waals surface area contributed by atoms with Gasteiger partial charge in [0.25, 0.3) is 5.91 Å². The van der Waals surface area contributed by atoms with Crippen LogP contribution < -0.4 is 24.2 Å². The first kappa shape index (κ1) is 26.1. The van der Waals surface area contributed by atoms with Crippen molar-refractivity contribution in [1.29, 1.82) is 0 Å². The van der Waals surface area contributed by atoms with Crippen LogP contribution in [0.3, 0.4) is 0 Å². The molecule has 1 saturated heterocycles. The summed E-state index contributed by atoms with van der Waals surface area (Å²) in [5.74, 6) is -0.209. The van der Waals surface area contributed by atoms with Crippen molar-refractivity contribution in [3.63, 3.8) is 0 Å². The molecule has 2 aromatic rings. The van der Waals surface area contributed by atoms with Gasteiger partial charge in [-0.1, -0.05) is 24.0 Å². The van der Waals surface area contributed by atoms with E-state index in [4.69, 9.17) is 14.2 Å². The Morgan fingerprint density at radius 2 is 1.54 bits per heavy atom. The quantitative estimate of drug-likeness (QED) is 0.295. The number of ketones is 1. The fourth-order valence-corrected chi connectivity index (χ4v) is 4.05. The van der Waals surface area contributed by atoms with Crippen LogP contribution in [-0.4, -0.2) is 63.6 Å². The largest absolute Gasteiger partial charge is 0.872 e. The van der Waals surface area contributed by atoms with Crippen LogP contribution in [-0.2, 0) is 9.59 Å². The van der Waals surface area contributed by atoms with Crippen LogP contribution in [0, 0.1) is 0 Å². The van der Waals surface area contributed by atoms with E-state index < -0.39 is 23.5 Å². The monoisotopic (exact) mass is 482 g/mol. The van der Waals surface area contributed by atoms with Crippen molar-refractivity contribution in [1.82, 2.24) is 4.90 Å². The average molecular weight is 483 g/mol. The SMILES string of the molecule is CCOc1ccc(C([O-])=C2C(=O)C(=O)N(CC[NH+](C)C)C2c2ccc(OCC)c(OCC)c2)cc1. The number of carbonyl (C=O) groups is 2. The van der Waals surface area contributed by atoms with Crippen molar-refractivity contribution < 1.29 is 33.8 Å². The van der Waals surface area contributed by atoms with E-state index in [1.54, 1.807) is 42.5 Å². The van der Waals surface area contributed by atoms with Gasteiger partial charge < -0.3 is 29.1 Å². The van der Waals surface area contributed by atoms with Gasteiger partial charge >= 0.3 is 0 Å². The highest BCUT2D eigenvalue weighted by molar-refractivity contribution is 6.46. The van der Waals surface area contributed by atoms with Gasteiger partial charge in [-0.2, -0.15) is 0 Å². The van der Waals surface area contributed by atoms with E-state index in [0.717, 1.165) is 4.90 Å². The van der Waals surface area contributed by atoms with E-state index in [0.29, 0.717) is 61.3 Å². The molecule has 1 unspecified atom stereocenters. The smallest absolute Gasteiger partial charge is 0.295 e. The van der Waals surface area contributed by atoms with Crippen molar-refractivity contribution in [2.75, 3.05) is 47.0 Å².